The first-order valence-electron chi connectivity index (χ1n) is 6.78. The minimum Gasteiger partial charge on any atom is -0.411 e. The van der Waals surface area contributed by atoms with Crippen LogP contribution in [0, 0.1) is 5.92 Å². The Morgan fingerprint density at radius 1 is 1.32 bits per heavy atom. The topological polar surface area (TPSA) is 61.7 Å². The van der Waals surface area contributed by atoms with Gasteiger partial charge in [0.05, 0.1) is 5.71 Å². The molecule has 1 aromatic rings. The van der Waals surface area contributed by atoms with Crippen molar-refractivity contribution in [3.63, 3.8) is 0 Å². The van der Waals surface area contributed by atoms with E-state index in [-0.39, 0.29) is 5.91 Å². The highest BCUT2D eigenvalue weighted by molar-refractivity contribution is 5.99. The molecule has 0 heterocycles. The number of nitrogens with zero attached hydrogens (tertiary/aromatic N) is 1. The third-order valence-corrected chi connectivity index (χ3v) is 3.69. The van der Waals surface area contributed by atoms with Gasteiger partial charge < -0.3 is 10.5 Å². The molecule has 1 aliphatic carbocycles. The molecule has 2 N–H and O–H groups in total. The van der Waals surface area contributed by atoms with E-state index in [4.69, 9.17) is 5.21 Å². The van der Waals surface area contributed by atoms with Crippen LogP contribution in [-0.2, 0) is 4.79 Å². The highest BCUT2D eigenvalue weighted by atomic mass is 16.4. The number of hydrogen-bond donors (Lipinski definition) is 2. The second-order valence-electron chi connectivity index (χ2n) is 5.17. The summed E-state index contributed by atoms with van der Waals surface area (Å²) in [7, 11) is 0. The van der Waals surface area contributed by atoms with Gasteiger partial charge in [-0.3, -0.25) is 4.79 Å². The van der Waals surface area contributed by atoms with Crippen molar-refractivity contribution in [2.75, 3.05) is 5.32 Å². The molecule has 0 radical (unpaired) electrons. The quantitative estimate of drug-likeness (QED) is 0.495. The summed E-state index contributed by atoms with van der Waals surface area (Å²) in [5.74, 6) is 0.648. The Morgan fingerprint density at radius 3 is 2.53 bits per heavy atom. The number of nitrogens with one attached hydrogen (secondary N) is 1. The summed E-state index contributed by atoms with van der Waals surface area (Å²) in [5, 5.41) is 14.7. The van der Waals surface area contributed by atoms with Crippen LogP contribution in [0.25, 0.3) is 0 Å². The predicted octanol–water partition coefficient (Wildman–Crippen LogP) is 3.40. The fourth-order valence-corrected chi connectivity index (χ4v) is 2.54. The van der Waals surface area contributed by atoms with Crippen molar-refractivity contribution >= 4 is 17.3 Å². The number of amides is 1. The maximum absolute atomic E-state index is 11.9. The summed E-state index contributed by atoms with van der Waals surface area (Å²) in [6.45, 7) is 1.73. The summed E-state index contributed by atoms with van der Waals surface area (Å²) in [4.78, 5) is 11.9. The summed E-state index contributed by atoms with van der Waals surface area (Å²) in [6, 6.07) is 7.33. The Morgan fingerprint density at radius 2 is 1.95 bits per heavy atom. The Balaban J connectivity index is 1.90. The fraction of sp³-hybridized carbons (Fsp3) is 0.467. The smallest absolute Gasteiger partial charge is 0.224 e. The van der Waals surface area contributed by atoms with E-state index in [0.29, 0.717) is 18.1 Å². The van der Waals surface area contributed by atoms with E-state index in [2.05, 4.69) is 10.5 Å². The number of anilines is 1. The minimum absolute atomic E-state index is 0.0900. The minimum atomic E-state index is 0.0900. The van der Waals surface area contributed by atoms with E-state index in [0.717, 1.165) is 11.3 Å². The van der Waals surface area contributed by atoms with Gasteiger partial charge in [-0.15, -0.1) is 0 Å². The SMILES string of the molecule is C/C(=N\O)c1ccc(NC(=O)CC2CCCC2)cc1. The monoisotopic (exact) mass is 260 g/mol. The van der Waals surface area contributed by atoms with E-state index in [1.54, 1.807) is 6.92 Å². The van der Waals surface area contributed by atoms with Crippen molar-refractivity contribution in [2.45, 2.75) is 39.0 Å². The number of rotatable bonds is 4. The Bertz CT molecular complexity index is 460. The lowest BCUT2D eigenvalue weighted by Crippen LogP contribution is -2.15. The lowest BCUT2D eigenvalue weighted by molar-refractivity contribution is -0.117. The lowest BCUT2D eigenvalue weighted by atomic mass is 10.0. The first-order chi connectivity index (χ1) is 9.19. The molecule has 0 spiro atoms. The van der Waals surface area contributed by atoms with Crippen molar-refractivity contribution in [1.82, 2.24) is 0 Å². The van der Waals surface area contributed by atoms with Crippen LogP contribution in [0.1, 0.15) is 44.6 Å². The van der Waals surface area contributed by atoms with Crippen molar-refractivity contribution in [3.8, 4) is 0 Å². The van der Waals surface area contributed by atoms with E-state index < -0.39 is 0 Å². The number of hydrogen-bond acceptors (Lipinski definition) is 3. The molecule has 1 saturated carbocycles. The molecule has 2 rings (SSSR count). The average molecular weight is 260 g/mol. The molecule has 1 aromatic carbocycles. The molecule has 0 aliphatic heterocycles. The number of benzene rings is 1. The van der Waals surface area contributed by atoms with Gasteiger partial charge in [0, 0.05) is 12.1 Å². The van der Waals surface area contributed by atoms with Crippen LogP contribution in [0.5, 0.6) is 0 Å². The summed E-state index contributed by atoms with van der Waals surface area (Å²) in [5.41, 5.74) is 2.19. The Kier molecular flexibility index (Phi) is 4.55. The zero-order valence-corrected chi connectivity index (χ0v) is 11.2. The van der Waals surface area contributed by atoms with Gasteiger partial charge in [0.25, 0.3) is 0 Å². The maximum atomic E-state index is 11.9. The molecular formula is C15H20N2O2. The van der Waals surface area contributed by atoms with Gasteiger partial charge in [-0.05, 0) is 43.4 Å². The number of oxime groups is 1. The zero-order chi connectivity index (χ0) is 13.7. The van der Waals surface area contributed by atoms with Crippen LogP contribution >= 0.6 is 0 Å². The van der Waals surface area contributed by atoms with E-state index in [1.165, 1.54) is 25.7 Å². The fourth-order valence-electron chi connectivity index (χ4n) is 2.54. The van der Waals surface area contributed by atoms with Crippen molar-refractivity contribution in [1.29, 1.82) is 0 Å². The normalized spacial score (nSPS) is 16.6. The van der Waals surface area contributed by atoms with Crippen LogP contribution < -0.4 is 5.32 Å². The number of carbonyl (C=O) groups is 1. The molecule has 1 amide bonds. The molecule has 0 saturated heterocycles. The standard InChI is InChI=1S/C15H20N2O2/c1-11(17-19)13-6-8-14(9-7-13)16-15(18)10-12-4-2-3-5-12/h6-9,12,19H,2-5,10H2,1H3,(H,16,18)/b17-11+. The first kappa shape index (κ1) is 13.6. The first-order valence-corrected chi connectivity index (χ1v) is 6.78. The van der Waals surface area contributed by atoms with Crippen LogP contribution in [0.2, 0.25) is 0 Å². The summed E-state index contributed by atoms with van der Waals surface area (Å²) < 4.78 is 0. The van der Waals surface area contributed by atoms with Gasteiger partial charge in [-0.2, -0.15) is 0 Å². The molecule has 102 valence electrons. The van der Waals surface area contributed by atoms with Gasteiger partial charge in [-0.1, -0.05) is 30.1 Å². The second kappa shape index (κ2) is 6.36. The highest BCUT2D eigenvalue weighted by Crippen LogP contribution is 2.27. The Hall–Kier alpha value is -1.84. The van der Waals surface area contributed by atoms with Crippen molar-refractivity contribution in [3.05, 3.63) is 29.8 Å². The maximum Gasteiger partial charge on any atom is 0.224 e. The summed E-state index contributed by atoms with van der Waals surface area (Å²) in [6.07, 6.45) is 5.49. The molecule has 4 heteroatoms. The van der Waals surface area contributed by atoms with Crippen LogP contribution in [0.4, 0.5) is 5.69 Å². The molecule has 4 nitrogen and oxygen atoms in total. The van der Waals surface area contributed by atoms with Crippen molar-refractivity contribution < 1.29 is 10.0 Å². The molecule has 19 heavy (non-hydrogen) atoms. The largest absolute Gasteiger partial charge is 0.411 e. The third kappa shape index (κ3) is 3.81. The van der Waals surface area contributed by atoms with E-state index >= 15 is 0 Å². The van der Waals surface area contributed by atoms with E-state index in [1.807, 2.05) is 24.3 Å². The molecule has 0 atom stereocenters. The molecule has 1 fully saturated rings. The molecule has 0 unspecified atom stereocenters. The van der Waals surface area contributed by atoms with Crippen molar-refractivity contribution in [2.24, 2.45) is 11.1 Å². The third-order valence-electron chi connectivity index (χ3n) is 3.69. The molecular weight excluding hydrogens is 240 g/mol. The Labute approximate surface area is 113 Å². The predicted molar refractivity (Wildman–Crippen MR) is 75.6 cm³/mol. The molecule has 1 aliphatic rings. The molecule has 0 bridgehead atoms. The lowest BCUT2D eigenvalue weighted by Gasteiger charge is -2.10. The van der Waals surface area contributed by atoms with Gasteiger partial charge >= 0.3 is 0 Å². The van der Waals surface area contributed by atoms with Gasteiger partial charge in [0.2, 0.25) is 5.91 Å². The van der Waals surface area contributed by atoms with Gasteiger partial charge in [0.15, 0.2) is 0 Å². The van der Waals surface area contributed by atoms with Gasteiger partial charge in [-0.25, -0.2) is 0 Å². The second-order valence-corrected chi connectivity index (χ2v) is 5.17. The number of carbonyl (C=O) groups excluding carboxylic acids is 1. The van der Waals surface area contributed by atoms with Crippen LogP contribution in [-0.4, -0.2) is 16.8 Å². The van der Waals surface area contributed by atoms with Crippen LogP contribution in [0.3, 0.4) is 0 Å². The zero-order valence-electron chi connectivity index (χ0n) is 11.2. The highest BCUT2D eigenvalue weighted by Gasteiger charge is 2.18. The molecule has 0 aromatic heterocycles. The van der Waals surface area contributed by atoms with Gasteiger partial charge in [0.1, 0.15) is 0 Å². The van der Waals surface area contributed by atoms with E-state index in [9.17, 15) is 4.79 Å². The average Bonchev–Trinajstić information content (AvgIpc) is 2.91. The van der Waals surface area contributed by atoms with Crippen LogP contribution in [0.15, 0.2) is 29.4 Å². The summed E-state index contributed by atoms with van der Waals surface area (Å²) >= 11 is 0.